The first-order chi connectivity index (χ1) is 9.97. The first-order valence-corrected chi connectivity index (χ1v) is 9.38. The van der Waals surface area contributed by atoms with Gasteiger partial charge in [-0.1, -0.05) is 43.5 Å². The van der Waals surface area contributed by atoms with Crippen molar-refractivity contribution in [3.8, 4) is 0 Å². The molecule has 116 valence electrons. The predicted molar refractivity (Wildman–Crippen MR) is 86.2 cm³/mol. The number of hydrogen-bond acceptors (Lipinski definition) is 5. The lowest BCUT2D eigenvalue weighted by molar-refractivity contribution is 0.246. The van der Waals surface area contributed by atoms with Crippen LogP contribution in [0.25, 0.3) is 0 Å². The maximum Gasteiger partial charge on any atom is 0.317 e. The fourth-order valence-electron chi connectivity index (χ4n) is 2.26. The van der Waals surface area contributed by atoms with Gasteiger partial charge in [-0.15, -0.1) is 16.0 Å². The molecule has 4 nitrogen and oxygen atoms in total. The molecule has 1 fully saturated rings. The van der Waals surface area contributed by atoms with E-state index in [0.717, 1.165) is 18.4 Å². The van der Waals surface area contributed by atoms with Gasteiger partial charge in [0.25, 0.3) is 0 Å². The van der Waals surface area contributed by atoms with Crippen molar-refractivity contribution in [3.05, 3.63) is 41.4 Å². The molecule has 0 atom stereocenters. The lowest BCUT2D eigenvalue weighted by Crippen LogP contribution is -2.20. The molecule has 1 N–H and O–H groups in total. The molecule has 1 aliphatic rings. The average molecular weight is 327 g/mol. The summed E-state index contributed by atoms with van der Waals surface area (Å²) in [5, 5.41) is 1.04. The van der Waals surface area contributed by atoms with Crippen molar-refractivity contribution < 1.29 is 12.7 Å². The van der Waals surface area contributed by atoms with E-state index in [-0.39, 0.29) is 4.90 Å². The zero-order chi connectivity index (χ0) is 15.3. The van der Waals surface area contributed by atoms with Crippen LogP contribution in [0.15, 0.2) is 40.8 Å². The number of hydrogen-bond donors (Lipinski definition) is 1. The van der Waals surface area contributed by atoms with E-state index in [0.29, 0.717) is 10.3 Å². The Kier molecular flexibility index (Phi) is 5.72. The molecule has 0 bridgehead atoms. The van der Waals surface area contributed by atoms with Gasteiger partial charge < -0.3 is 0 Å². The second-order valence-electron chi connectivity index (χ2n) is 5.25. The average Bonchev–Trinajstić information content (AvgIpc) is 2.47. The number of nitrogens with one attached hydrogen (secondary N) is 1. The smallest absolute Gasteiger partial charge is 0.243 e. The van der Waals surface area contributed by atoms with Gasteiger partial charge in [0.1, 0.15) is 0 Å². The molecule has 1 aromatic carbocycles. The molecule has 2 rings (SSSR count). The van der Waals surface area contributed by atoms with E-state index in [1.54, 1.807) is 23.9 Å². The van der Waals surface area contributed by atoms with Gasteiger partial charge in [-0.25, -0.2) is 5.48 Å². The van der Waals surface area contributed by atoms with Gasteiger partial charge in [-0.2, -0.15) is 8.42 Å². The topological polar surface area (TPSA) is 55.4 Å². The lowest BCUT2D eigenvalue weighted by atomic mass is 10.0. The van der Waals surface area contributed by atoms with Crippen molar-refractivity contribution in [3.63, 3.8) is 0 Å². The highest BCUT2D eigenvalue weighted by molar-refractivity contribution is 8.03. The van der Waals surface area contributed by atoms with Crippen molar-refractivity contribution in [2.45, 2.75) is 49.2 Å². The van der Waals surface area contributed by atoms with Crippen LogP contribution >= 0.6 is 11.8 Å². The van der Waals surface area contributed by atoms with Crippen molar-refractivity contribution in [2.75, 3.05) is 0 Å². The van der Waals surface area contributed by atoms with E-state index in [1.165, 1.54) is 31.4 Å². The molecule has 0 saturated heterocycles. The third-order valence-electron chi connectivity index (χ3n) is 3.44. The summed E-state index contributed by atoms with van der Waals surface area (Å²) >= 11 is 1.56. The Hall–Kier alpha value is -0.980. The Bertz CT molecular complexity index is 575. The standard InChI is InChI=1S/C15H21NO3S2/c1-12-8-10-15(11-9-12)21(17,18)19-16-13(2)20-14-6-4-3-5-7-14/h8-11,14,16H,2-7H2,1H3. The Balaban J connectivity index is 1.86. The minimum Gasteiger partial charge on any atom is -0.243 e. The second kappa shape index (κ2) is 7.33. The first kappa shape index (κ1) is 16.4. The maximum atomic E-state index is 12.0. The summed E-state index contributed by atoms with van der Waals surface area (Å²) in [6, 6.07) is 6.54. The quantitative estimate of drug-likeness (QED) is 0.807. The second-order valence-corrected chi connectivity index (χ2v) is 8.20. The zero-order valence-electron chi connectivity index (χ0n) is 12.2. The minimum absolute atomic E-state index is 0.135. The zero-order valence-corrected chi connectivity index (χ0v) is 13.8. The summed E-state index contributed by atoms with van der Waals surface area (Å²) in [5.41, 5.74) is 3.46. The van der Waals surface area contributed by atoms with E-state index in [1.807, 2.05) is 6.92 Å². The van der Waals surface area contributed by atoms with E-state index in [4.69, 9.17) is 4.28 Å². The molecule has 0 aliphatic heterocycles. The number of hydroxylamine groups is 1. The van der Waals surface area contributed by atoms with E-state index in [2.05, 4.69) is 12.1 Å². The van der Waals surface area contributed by atoms with Gasteiger partial charge in [-0.05, 0) is 31.9 Å². The molecular weight excluding hydrogens is 306 g/mol. The highest BCUT2D eigenvalue weighted by Crippen LogP contribution is 2.31. The number of benzene rings is 1. The van der Waals surface area contributed by atoms with Crippen LogP contribution in [0.4, 0.5) is 0 Å². The summed E-state index contributed by atoms with van der Waals surface area (Å²) in [7, 11) is -3.80. The van der Waals surface area contributed by atoms with Crippen LogP contribution in [0.5, 0.6) is 0 Å². The highest BCUT2D eigenvalue weighted by atomic mass is 32.2. The Morgan fingerprint density at radius 2 is 1.86 bits per heavy atom. The van der Waals surface area contributed by atoms with Crippen molar-refractivity contribution in [2.24, 2.45) is 0 Å². The summed E-state index contributed by atoms with van der Waals surface area (Å²) in [6.07, 6.45) is 6.04. The summed E-state index contributed by atoms with van der Waals surface area (Å²) in [5.74, 6) is 0. The fourth-order valence-corrected chi connectivity index (χ4v) is 4.15. The van der Waals surface area contributed by atoms with Crippen molar-refractivity contribution in [1.29, 1.82) is 0 Å². The molecule has 1 aliphatic carbocycles. The molecule has 0 radical (unpaired) electrons. The van der Waals surface area contributed by atoms with Crippen molar-refractivity contribution in [1.82, 2.24) is 5.48 Å². The Morgan fingerprint density at radius 3 is 2.48 bits per heavy atom. The van der Waals surface area contributed by atoms with Gasteiger partial charge in [0.05, 0.1) is 9.92 Å². The molecule has 0 heterocycles. The molecule has 21 heavy (non-hydrogen) atoms. The normalized spacial score (nSPS) is 16.6. The third-order valence-corrected chi connectivity index (χ3v) is 5.76. The molecule has 0 amide bonds. The Morgan fingerprint density at radius 1 is 1.24 bits per heavy atom. The SMILES string of the molecule is C=C(NOS(=O)(=O)c1ccc(C)cc1)SC1CCCCC1. The predicted octanol–water partition coefficient (Wildman–Crippen LogP) is 3.74. The molecule has 6 heteroatoms. The fraction of sp³-hybridized carbons (Fsp3) is 0.467. The van der Waals surface area contributed by atoms with Crippen molar-refractivity contribution >= 4 is 21.9 Å². The van der Waals surface area contributed by atoms with Gasteiger partial charge in [0.2, 0.25) is 0 Å². The van der Waals surface area contributed by atoms with Crippen LogP contribution in [0.1, 0.15) is 37.7 Å². The monoisotopic (exact) mass is 327 g/mol. The molecular formula is C15H21NO3S2. The van der Waals surface area contributed by atoms with Crippen LogP contribution in [0, 0.1) is 6.92 Å². The summed E-state index contributed by atoms with van der Waals surface area (Å²) < 4.78 is 28.9. The first-order valence-electron chi connectivity index (χ1n) is 7.09. The van der Waals surface area contributed by atoms with Crippen LogP contribution in [0.2, 0.25) is 0 Å². The number of aryl methyl sites for hydroxylation is 1. The number of rotatable bonds is 6. The molecule has 0 spiro atoms. The van der Waals surface area contributed by atoms with E-state index >= 15 is 0 Å². The van der Waals surface area contributed by atoms with Gasteiger partial charge in [0, 0.05) is 5.25 Å². The summed E-state index contributed by atoms with van der Waals surface area (Å²) in [4.78, 5) is 0.135. The highest BCUT2D eigenvalue weighted by Gasteiger charge is 2.18. The lowest BCUT2D eigenvalue weighted by Gasteiger charge is -2.21. The molecule has 1 saturated carbocycles. The van der Waals surface area contributed by atoms with Gasteiger partial charge in [0.15, 0.2) is 0 Å². The number of thioether (sulfide) groups is 1. The van der Waals surface area contributed by atoms with Crippen LogP contribution < -0.4 is 5.48 Å². The molecule has 0 unspecified atom stereocenters. The van der Waals surface area contributed by atoms with Gasteiger partial charge in [-0.3, -0.25) is 0 Å². The maximum absolute atomic E-state index is 12.0. The van der Waals surface area contributed by atoms with Crippen LogP contribution in [-0.4, -0.2) is 13.7 Å². The molecule has 1 aromatic rings. The Labute approximate surface area is 131 Å². The minimum atomic E-state index is -3.80. The van der Waals surface area contributed by atoms with E-state index in [9.17, 15) is 8.42 Å². The summed E-state index contributed by atoms with van der Waals surface area (Å²) in [6.45, 7) is 5.72. The van der Waals surface area contributed by atoms with Gasteiger partial charge >= 0.3 is 10.1 Å². The van der Waals surface area contributed by atoms with Crippen LogP contribution in [-0.2, 0) is 14.4 Å². The van der Waals surface area contributed by atoms with Crippen LogP contribution in [0.3, 0.4) is 0 Å². The largest absolute Gasteiger partial charge is 0.317 e. The molecule has 0 aromatic heterocycles. The third kappa shape index (κ3) is 5.05. The van der Waals surface area contributed by atoms with E-state index < -0.39 is 10.1 Å².